The van der Waals surface area contributed by atoms with E-state index in [2.05, 4.69) is 15.6 Å². The van der Waals surface area contributed by atoms with Crippen molar-refractivity contribution in [3.63, 3.8) is 0 Å². The van der Waals surface area contributed by atoms with Crippen LogP contribution in [0.1, 0.15) is 15.9 Å². The summed E-state index contributed by atoms with van der Waals surface area (Å²) in [5, 5.41) is 6.61. The van der Waals surface area contributed by atoms with Crippen LogP contribution in [0.3, 0.4) is 0 Å². The molecule has 0 saturated carbocycles. The van der Waals surface area contributed by atoms with Gasteiger partial charge in [-0.15, -0.1) is 11.8 Å². The molecule has 0 bridgehead atoms. The molecule has 1 heterocycles. The number of nitrogens with one attached hydrogen (secondary N) is 3. The van der Waals surface area contributed by atoms with Gasteiger partial charge >= 0.3 is 0 Å². The van der Waals surface area contributed by atoms with Gasteiger partial charge in [0.15, 0.2) is 0 Å². The molecule has 0 aliphatic rings. The highest BCUT2D eigenvalue weighted by molar-refractivity contribution is 8.00. The number of para-hydroxylation sites is 3. The monoisotopic (exact) mass is 622 g/mol. The van der Waals surface area contributed by atoms with E-state index in [4.69, 9.17) is 0 Å². The predicted molar refractivity (Wildman–Crippen MR) is 186 cm³/mol. The standard InChI is InChI=1S/C38H30N4O3S/c43-36(42(30-14-6-2-7-15-30)31-16-8-3-9-17-31)26-46-32-22-20-29(21-23-32)40-38(45)35(41-37(44)27-12-4-1-5-13-27)24-28-25-39-34-19-11-10-18-33(28)34/h1-25,39H,26H2,(H,40,45)(H,41,44)/b35-24-. The van der Waals surface area contributed by atoms with E-state index in [-0.39, 0.29) is 17.4 Å². The number of benzene rings is 5. The third kappa shape index (κ3) is 7.26. The minimum atomic E-state index is -0.466. The molecule has 3 amide bonds. The van der Waals surface area contributed by atoms with E-state index >= 15 is 0 Å². The zero-order valence-electron chi connectivity index (χ0n) is 24.7. The smallest absolute Gasteiger partial charge is 0.272 e. The molecule has 6 aromatic rings. The number of fused-ring (bicyclic) bond motifs is 1. The Hall–Kier alpha value is -5.86. The summed E-state index contributed by atoms with van der Waals surface area (Å²) in [7, 11) is 0. The fourth-order valence-electron chi connectivity index (χ4n) is 4.95. The highest BCUT2D eigenvalue weighted by Gasteiger charge is 2.19. The topological polar surface area (TPSA) is 94.3 Å². The summed E-state index contributed by atoms with van der Waals surface area (Å²) in [5.74, 6) is -0.691. The Bertz CT molecular complexity index is 1950. The molecular weight excluding hydrogens is 593 g/mol. The molecule has 46 heavy (non-hydrogen) atoms. The highest BCUT2D eigenvalue weighted by atomic mass is 32.2. The van der Waals surface area contributed by atoms with Crippen molar-refractivity contribution in [2.45, 2.75) is 4.90 Å². The maximum Gasteiger partial charge on any atom is 0.272 e. The van der Waals surface area contributed by atoms with Gasteiger partial charge in [0.25, 0.3) is 11.8 Å². The Morgan fingerprint density at radius 3 is 1.93 bits per heavy atom. The normalized spacial score (nSPS) is 11.2. The van der Waals surface area contributed by atoms with Crippen LogP contribution in [0.15, 0.2) is 156 Å². The molecule has 1 aromatic heterocycles. The summed E-state index contributed by atoms with van der Waals surface area (Å²) in [4.78, 5) is 45.8. The van der Waals surface area contributed by atoms with Crippen molar-refractivity contribution < 1.29 is 14.4 Å². The molecular formula is C38H30N4O3S. The molecule has 0 atom stereocenters. The van der Waals surface area contributed by atoms with E-state index in [0.29, 0.717) is 11.3 Å². The van der Waals surface area contributed by atoms with Gasteiger partial charge in [-0.2, -0.15) is 0 Å². The molecule has 7 nitrogen and oxygen atoms in total. The fourth-order valence-corrected chi connectivity index (χ4v) is 5.69. The van der Waals surface area contributed by atoms with Gasteiger partial charge in [0.1, 0.15) is 5.70 Å². The third-order valence-electron chi connectivity index (χ3n) is 7.20. The summed E-state index contributed by atoms with van der Waals surface area (Å²) in [6.45, 7) is 0. The number of hydrogen-bond acceptors (Lipinski definition) is 4. The minimum Gasteiger partial charge on any atom is -0.361 e. The lowest BCUT2D eigenvalue weighted by atomic mass is 10.1. The molecule has 0 fully saturated rings. The number of aromatic amines is 1. The van der Waals surface area contributed by atoms with E-state index < -0.39 is 11.8 Å². The van der Waals surface area contributed by atoms with Crippen molar-refractivity contribution in [3.8, 4) is 0 Å². The number of rotatable bonds is 10. The third-order valence-corrected chi connectivity index (χ3v) is 8.20. The van der Waals surface area contributed by atoms with Crippen molar-refractivity contribution in [2.75, 3.05) is 16.0 Å². The minimum absolute atomic E-state index is 0.0546. The first-order valence-corrected chi connectivity index (χ1v) is 15.7. The maximum atomic E-state index is 13.5. The molecule has 3 N–H and O–H groups in total. The van der Waals surface area contributed by atoms with E-state index in [1.165, 1.54) is 11.8 Å². The largest absolute Gasteiger partial charge is 0.361 e. The fraction of sp³-hybridized carbons (Fsp3) is 0.0263. The zero-order valence-corrected chi connectivity index (χ0v) is 25.5. The average Bonchev–Trinajstić information content (AvgIpc) is 3.51. The van der Waals surface area contributed by atoms with Crippen LogP contribution in [0, 0.1) is 0 Å². The van der Waals surface area contributed by atoms with Gasteiger partial charge < -0.3 is 15.6 Å². The van der Waals surface area contributed by atoms with Crippen LogP contribution in [-0.2, 0) is 9.59 Å². The van der Waals surface area contributed by atoms with Crippen molar-refractivity contribution in [1.82, 2.24) is 10.3 Å². The summed E-state index contributed by atoms with van der Waals surface area (Å²) in [6.07, 6.45) is 3.46. The summed E-state index contributed by atoms with van der Waals surface area (Å²) < 4.78 is 0. The van der Waals surface area contributed by atoms with Crippen molar-refractivity contribution in [1.29, 1.82) is 0 Å². The van der Waals surface area contributed by atoms with Gasteiger partial charge in [0.2, 0.25) is 5.91 Å². The predicted octanol–water partition coefficient (Wildman–Crippen LogP) is 8.03. The first-order valence-electron chi connectivity index (χ1n) is 14.7. The van der Waals surface area contributed by atoms with Crippen LogP contribution in [0.25, 0.3) is 17.0 Å². The summed E-state index contributed by atoms with van der Waals surface area (Å²) in [6, 6.07) is 42.9. The van der Waals surface area contributed by atoms with Crippen molar-refractivity contribution in [2.24, 2.45) is 0 Å². The number of aromatic nitrogens is 1. The summed E-state index contributed by atoms with van der Waals surface area (Å²) in [5.41, 5.74) is 4.38. The molecule has 0 unspecified atom stereocenters. The molecule has 0 aliphatic carbocycles. The molecule has 0 aliphatic heterocycles. The highest BCUT2D eigenvalue weighted by Crippen LogP contribution is 2.28. The van der Waals surface area contributed by atoms with Gasteiger partial charge in [-0.05, 0) is 72.8 Å². The Morgan fingerprint density at radius 1 is 0.696 bits per heavy atom. The molecule has 0 spiro atoms. The van der Waals surface area contributed by atoms with Gasteiger partial charge in [-0.3, -0.25) is 19.3 Å². The number of hydrogen-bond donors (Lipinski definition) is 3. The van der Waals surface area contributed by atoms with Gasteiger partial charge in [0.05, 0.1) is 5.75 Å². The van der Waals surface area contributed by atoms with Gasteiger partial charge in [0, 0.05) is 50.2 Å². The van der Waals surface area contributed by atoms with Crippen LogP contribution in [-0.4, -0.2) is 28.5 Å². The van der Waals surface area contributed by atoms with Crippen LogP contribution >= 0.6 is 11.8 Å². The zero-order chi connectivity index (χ0) is 31.7. The van der Waals surface area contributed by atoms with Crippen molar-refractivity contribution >= 4 is 63.5 Å². The second kappa shape index (κ2) is 14.3. The lowest BCUT2D eigenvalue weighted by molar-refractivity contribution is -0.115. The molecule has 5 aromatic carbocycles. The molecule has 0 radical (unpaired) electrons. The number of H-pyrrole nitrogens is 1. The van der Waals surface area contributed by atoms with E-state index in [9.17, 15) is 14.4 Å². The first kappa shape index (κ1) is 30.2. The Balaban J connectivity index is 1.16. The van der Waals surface area contributed by atoms with E-state index in [1.54, 1.807) is 53.6 Å². The number of thioether (sulfide) groups is 1. The number of nitrogens with zero attached hydrogens (tertiary/aromatic N) is 1. The number of anilines is 3. The maximum absolute atomic E-state index is 13.5. The molecule has 6 rings (SSSR count). The second-order valence-corrected chi connectivity index (χ2v) is 11.4. The van der Waals surface area contributed by atoms with Crippen LogP contribution in [0.2, 0.25) is 0 Å². The SMILES string of the molecule is O=C(Nc1ccc(SCC(=O)N(c2ccccc2)c2ccccc2)cc1)/C(=C/c1c[nH]c2ccccc12)NC(=O)c1ccccc1. The number of carbonyl (C=O) groups excluding carboxylic acids is 3. The first-order chi connectivity index (χ1) is 22.5. The lowest BCUT2D eigenvalue weighted by Crippen LogP contribution is -2.30. The Labute approximate surface area is 271 Å². The van der Waals surface area contributed by atoms with Crippen molar-refractivity contribution in [3.05, 3.63) is 163 Å². The van der Waals surface area contributed by atoms with E-state index in [0.717, 1.165) is 32.7 Å². The van der Waals surface area contributed by atoms with Crippen LogP contribution in [0.5, 0.6) is 0 Å². The van der Waals surface area contributed by atoms with Gasteiger partial charge in [-0.1, -0.05) is 72.8 Å². The Morgan fingerprint density at radius 2 is 1.28 bits per heavy atom. The second-order valence-electron chi connectivity index (χ2n) is 10.3. The van der Waals surface area contributed by atoms with E-state index in [1.807, 2.05) is 103 Å². The van der Waals surface area contributed by atoms with Crippen LogP contribution in [0.4, 0.5) is 17.1 Å². The Kier molecular flexibility index (Phi) is 9.37. The molecule has 226 valence electrons. The molecule has 0 saturated heterocycles. The number of carbonyl (C=O) groups is 3. The van der Waals surface area contributed by atoms with Gasteiger partial charge in [-0.25, -0.2) is 0 Å². The quantitative estimate of drug-likeness (QED) is 0.107. The molecule has 8 heteroatoms. The lowest BCUT2D eigenvalue weighted by Gasteiger charge is -2.23. The number of amides is 3. The summed E-state index contributed by atoms with van der Waals surface area (Å²) >= 11 is 1.41. The van der Waals surface area contributed by atoms with Crippen LogP contribution < -0.4 is 15.5 Å². The average molecular weight is 623 g/mol.